The summed E-state index contributed by atoms with van der Waals surface area (Å²) < 4.78 is 8.70. The van der Waals surface area contributed by atoms with E-state index in [0.29, 0.717) is 5.75 Å². The van der Waals surface area contributed by atoms with Crippen molar-refractivity contribution in [1.29, 1.82) is 0 Å². The van der Waals surface area contributed by atoms with Crippen LogP contribution in [-0.4, -0.2) is 21.9 Å². The Kier molecular flexibility index (Phi) is 6.75. The first-order valence-corrected chi connectivity index (χ1v) is 8.68. The van der Waals surface area contributed by atoms with Crippen LogP contribution < -0.4 is 14.8 Å². The first-order chi connectivity index (χ1) is 12.2. The molecule has 0 heterocycles. The number of aryl methyl sites for hydroxylation is 1. The number of benzene rings is 2. The van der Waals surface area contributed by atoms with E-state index >= 15 is 0 Å². The molecule has 0 bridgehead atoms. The highest BCUT2D eigenvalue weighted by Gasteiger charge is 2.36. The van der Waals surface area contributed by atoms with Gasteiger partial charge in [-0.3, -0.25) is 9.59 Å². The Balaban J connectivity index is 2.22. The van der Waals surface area contributed by atoms with Gasteiger partial charge < -0.3 is 14.8 Å². The molecule has 1 atom stereocenters. The molecule has 0 radical (unpaired) electrons. The molecular weight excluding hydrogens is 401 g/mol. The molecule has 8 heteroatoms. The van der Waals surface area contributed by atoms with Crippen molar-refractivity contribution in [1.82, 2.24) is 5.32 Å². The average molecular weight is 417 g/mol. The summed E-state index contributed by atoms with van der Waals surface area (Å²) >= 11 is 17.8. The number of ether oxygens (including phenoxy) is 2. The number of amides is 1. The fourth-order valence-electron chi connectivity index (χ4n) is 2.03. The maximum Gasteiger partial charge on any atom is 0.308 e. The van der Waals surface area contributed by atoms with Crippen LogP contribution in [0, 0.1) is 6.92 Å². The van der Waals surface area contributed by atoms with Crippen LogP contribution >= 0.6 is 34.8 Å². The lowest BCUT2D eigenvalue weighted by molar-refractivity contribution is -0.131. The number of hydrogen-bond donors (Lipinski definition) is 1. The van der Waals surface area contributed by atoms with Crippen molar-refractivity contribution in [2.45, 2.75) is 23.9 Å². The summed E-state index contributed by atoms with van der Waals surface area (Å²) in [6, 6.07) is 13.2. The van der Waals surface area contributed by atoms with Crippen LogP contribution in [0.5, 0.6) is 11.5 Å². The molecular formula is C18H16Cl3NO4. The van der Waals surface area contributed by atoms with Crippen molar-refractivity contribution < 1.29 is 19.1 Å². The Bertz CT molecular complexity index is 788. The molecule has 0 fully saturated rings. The molecule has 2 aromatic carbocycles. The van der Waals surface area contributed by atoms with Gasteiger partial charge in [-0.15, -0.1) is 0 Å². The SMILES string of the molecule is CC(=O)Oc1ccccc1C(=O)NC(Oc1ccc(C)cc1)C(Cl)(Cl)Cl. The van der Waals surface area contributed by atoms with Gasteiger partial charge in [0.2, 0.25) is 10.0 Å². The Morgan fingerprint density at radius 3 is 2.23 bits per heavy atom. The molecule has 2 rings (SSSR count). The fourth-order valence-corrected chi connectivity index (χ4v) is 2.32. The number of carbonyl (C=O) groups is 2. The first kappa shape index (κ1) is 20.4. The number of nitrogens with one attached hydrogen (secondary N) is 1. The molecule has 2 aromatic rings. The predicted octanol–water partition coefficient (Wildman–Crippen LogP) is 4.43. The van der Waals surface area contributed by atoms with Crippen molar-refractivity contribution in [2.24, 2.45) is 0 Å². The maximum absolute atomic E-state index is 12.6. The van der Waals surface area contributed by atoms with Gasteiger partial charge in [-0.25, -0.2) is 0 Å². The third-order valence-corrected chi connectivity index (χ3v) is 3.81. The summed E-state index contributed by atoms with van der Waals surface area (Å²) in [4.78, 5) is 23.8. The monoisotopic (exact) mass is 415 g/mol. The number of alkyl halides is 3. The zero-order valence-corrected chi connectivity index (χ0v) is 16.2. The van der Waals surface area contributed by atoms with Crippen LogP contribution in [0.2, 0.25) is 0 Å². The molecule has 26 heavy (non-hydrogen) atoms. The summed E-state index contributed by atoms with van der Waals surface area (Å²) in [5.41, 5.74) is 1.14. The fraction of sp³-hybridized carbons (Fsp3) is 0.222. The number of para-hydroxylation sites is 1. The Labute approximate surface area is 166 Å². The summed E-state index contributed by atoms with van der Waals surface area (Å²) in [5.74, 6) is -0.666. The lowest BCUT2D eigenvalue weighted by Gasteiger charge is -2.26. The zero-order chi connectivity index (χ0) is 19.3. The highest BCUT2D eigenvalue weighted by Crippen LogP contribution is 2.32. The van der Waals surface area contributed by atoms with Crippen LogP contribution in [0.4, 0.5) is 0 Å². The molecule has 0 saturated carbocycles. The molecule has 138 valence electrons. The highest BCUT2D eigenvalue weighted by molar-refractivity contribution is 6.68. The van der Waals surface area contributed by atoms with E-state index in [-0.39, 0.29) is 11.3 Å². The van der Waals surface area contributed by atoms with Gasteiger partial charge in [0.05, 0.1) is 5.56 Å². The van der Waals surface area contributed by atoms with E-state index in [4.69, 9.17) is 44.3 Å². The number of halogens is 3. The van der Waals surface area contributed by atoms with E-state index in [1.165, 1.54) is 19.1 Å². The predicted molar refractivity (Wildman–Crippen MR) is 101 cm³/mol. The van der Waals surface area contributed by atoms with Crippen molar-refractivity contribution in [2.75, 3.05) is 0 Å². The van der Waals surface area contributed by atoms with Crippen molar-refractivity contribution in [3.05, 3.63) is 59.7 Å². The molecule has 1 amide bonds. The average Bonchev–Trinajstić information content (AvgIpc) is 2.55. The number of rotatable bonds is 5. The summed E-state index contributed by atoms with van der Waals surface area (Å²) in [5, 5.41) is 2.50. The quantitative estimate of drug-likeness (QED) is 0.339. The largest absolute Gasteiger partial charge is 0.466 e. The normalized spacial score (nSPS) is 12.2. The van der Waals surface area contributed by atoms with E-state index < -0.39 is 21.9 Å². The standard InChI is InChI=1S/C18H16Cl3NO4/c1-11-7-9-13(10-8-11)26-17(18(19,20)21)22-16(24)14-5-3-4-6-15(14)25-12(2)23/h3-10,17H,1-2H3,(H,22,24). The lowest BCUT2D eigenvalue weighted by atomic mass is 10.2. The topological polar surface area (TPSA) is 64.6 Å². The Hall–Kier alpha value is -1.95. The van der Waals surface area contributed by atoms with E-state index in [1.807, 2.05) is 19.1 Å². The van der Waals surface area contributed by atoms with Crippen molar-refractivity contribution in [3.63, 3.8) is 0 Å². The van der Waals surface area contributed by atoms with Gasteiger partial charge in [-0.2, -0.15) is 0 Å². The minimum Gasteiger partial charge on any atom is -0.466 e. The third kappa shape index (κ3) is 5.80. The van der Waals surface area contributed by atoms with Gasteiger partial charge in [-0.1, -0.05) is 64.6 Å². The molecule has 0 aliphatic rings. The van der Waals surface area contributed by atoms with Crippen molar-refractivity contribution >= 4 is 46.7 Å². The third-order valence-electron chi connectivity index (χ3n) is 3.22. The first-order valence-electron chi connectivity index (χ1n) is 7.55. The summed E-state index contributed by atoms with van der Waals surface area (Å²) in [7, 11) is 0. The lowest BCUT2D eigenvalue weighted by Crippen LogP contribution is -2.47. The van der Waals surface area contributed by atoms with E-state index in [1.54, 1.807) is 24.3 Å². The van der Waals surface area contributed by atoms with Crippen LogP contribution in [0.15, 0.2) is 48.5 Å². The minimum absolute atomic E-state index is 0.0934. The van der Waals surface area contributed by atoms with Crippen LogP contribution in [0.1, 0.15) is 22.8 Å². The molecule has 1 N–H and O–H groups in total. The summed E-state index contributed by atoms with van der Waals surface area (Å²) in [6.07, 6.45) is -1.27. The molecule has 0 aliphatic carbocycles. The maximum atomic E-state index is 12.6. The molecule has 0 saturated heterocycles. The van der Waals surface area contributed by atoms with Gasteiger partial charge in [0.15, 0.2) is 0 Å². The summed E-state index contributed by atoms with van der Waals surface area (Å²) in [6.45, 7) is 3.16. The second-order valence-electron chi connectivity index (χ2n) is 5.42. The Morgan fingerprint density at radius 2 is 1.65 bits per heavy atom. The molecule has 5 nitrogen and oxygen atoms in total. The van der Waals surface area contributed by atoms with E-state index in [2.05, 4.69) is 5.32 Å². The Morgan fingerprint density at radius 1 is 1.04 bits per heavy atom. The van der Waals surface area contributed by atoms with Gasteiger partial charge >= 0.3 is 5.97 Å². The van der Waals surface area contributed by atoms with Gasteiger partial charge in [0, 0.05) is 6.92 Å². The molecule has 0 aliphatic heterocycles. The highest BCUT2D eigenvalue weighted by atomic mass is 35.6. The van der Waals surface area contributed by atoms with Crippen LogP contribution in [0.25, 0.3) is 0 Å². The number of hydrogen-bond acceptors (Lipinski definition) is 4. The van der Waals surface area contributed by atoms with Crippen LogP contribution in [0.3, 0.4) is 0 Å². The second-order valence-corrected chi connectivity index (χ2v) is 7.78. The van der Waals surface area contributed by atoms with E-state index in [9.17, 15) is 9.59 Å². The molecule has 0 spiro atoms. The molecule has 0 aromatic heterocycles. The molecule has 1 unspecified atom stereocenters. The van der Waals surface area contributed by atoms with Gasteiger partial charge in [-0.05, 0) is 31.2 Å². The van der Waals surface area contributed by atoms with Gasteiger partial charge in [0.1, 0.15) is 11.5 Å². The van der Waals surface area contributed by atoms with Crippen molar-refractivity contribution in [3.8, 4) is 11.5 Å². The minimum atomic E-state index is -1.93. The number of esters is 1. The number of carbonyl (C=O) groups excluding carboxylic acids is 2. The second kappa shape index (κ2) is 8.62. The smallest absolute Gasteiger partial charge is 0.308 e. The zero-order valence-electron chi connectivity index (χ0n) is 14.0. The van der Waals surface area contributed by atoms with E-state index in [0.717, 1.165) is 5.56 Å². The van der Waals surface area contributed by atoms with Gasteiger partial charge in [0.25, 0.3) is 5.91 Å². The van der Waals surface area contributed by atoms with Crippen LogP contribution in [-0.2, 0) is 4.79 Å².